The molecule has 2 aromatic carbocycles. The van der Waals surface area contributed by atoms with Crippen LogP contribution in [-0.4, -0.2) is 6.61 Å². The lowest BCUT2D eigenvalue weighted by molar-refractivity contribution is 0.363. The van der Waals surface area contributed by atoms with Gasteiger partial charge in [-0.3, -0.25) is 0 Å². The van der Waals surface area contributed by atoms with E-state index in [0.717, 1.165) is 17.0 Å². The molecule has 2 aromatic rings. The van der Waals surface area contributed by atoms with Gasteiger partial charge in [0, 0.05) is 6.54 Å². The summed E-state index contributed by atoms with van der Waals surface area (Å²) in [6.45, 7) is 4.79. The van der Waals surface area contributed by atoms with Gasteiger partial charge in [-0.25, -0.2) is 0 Å². The Bertz CT molecular complexity index is 612. The molecule has 3 nitrogen and oxygen atoms in total. The summed E-state index contributed by atoms with van der Waals surface area (Å²) in [5.41, 5.74) is 2.63. The number of anilines is 1. The van der Waals surface area contributed by atoms with E-state index in [1.807, 2.05) is 42.5 Å². The van der Waals surface area contributed by atoms with Gasteiger partial charge in [-0.05, 0) is 29.8 Å². The van der Waals surface area contributed by atoms with Crippen molar-refractivity contribution in [3.05, 3.63) is 72.3 Å². The zero-order valence-electron chi connectivity index (χ0n) is 11.2. The molecule has 0 aromatic heterocycles. The van der Waals surface area contributed by atoms with E-state index in [-0.39, 0.29) is 0 Å². The Hall–Kier alpha value is -2.73. The monoisotopic (exact) mass is 264 g/mol. The van der Waals surface area contributed by atoms with E-state index in [2.05, 4.69) is 18.0 Å². The van der Waals surface area contributed by atoms with Crippen molar-refractivity contribution in [2.45, 2.75) is 6.54 Å². The number of hydrogen-bond donors (Lipinski definition) is 1. The van der Waals surface area contributed by atoms with Crippen LogP contribution in [0.25, 0.3) is 0 Å². The Morgan fingerprint density at radius 2 is 1.90 bits per heavy atom. The van der Waals surface area contributed by atoms with Crippen LogP contribution in [0.5, 0.6) is 5.75 Å². The van der Waals surface area contributed by atoms with Crippen molar-refractivity contribution in [1.82, 2.24) is 0 Å². The minimum Gasteiger partial charge on any atom is -0.490 e. The first-order valence-corrected chi connectivity index (χ1v) is 6.39. The number of nitrogens with zero attached hydrogens (tertiary/aromatic N) is 1. The van der Waals surface area contributed by atoms with Gasteiger partial charge in [0.25, 0.3) is 0 Å². The van der Waals surface area contributed by atoms with Gasteiger partial charge in [0.1, 0.15) is 18.4 Å². The Morgan fingerprint density at radius 3 is 2.60 bits per heavy atom. The van der Waals surface area contributed by atoms with Gasteiger partial charge in [-0.1, -0.05) is 36.9 Å². The molecule has 0 radical (unpaired) electrons. The zero-order valence-corrected chi connectivity index (χ0v) is 11.2. The lowest BCUT2D eigenvalue weighted by Crippen LogP contribution is -2.01. The molecule has 3 heteroatoms. The molecule has 0 bridgehead atoms. The average Bonchev–Trinajstić information content (AvgIpc) is 2.52. The molecule has 0 spiro atoms. The van der Waals surface area contributed by atoms with Crippen molar-refractivity contribution in [3.63, 3.8) is 0 Å². The molecule has 0 atom stereocenters. The predicted molar refractivity (Wildman–Crippen MR) is 80.6 cm³/mol. The fraction of sp³-hybridized carbons (Fsp3) is 0.118. The van der Waals surface area contributed by atoms with Crippen LogP contribution in [0.2, 0.25) is 0 Å². The summed E-state index contributed by atoms with van der Waals surface area (Å²) in [6, 6.07) is 17.5. The van der Waals surface area contributed by atoms with Gasteiger partial charge < -0.3 is 10.1 Å². The van der Waals surface area contributed by atoms with E-state index < -0.39 is 0 Å². The zero-order chi connectivity index (χ0) is 14.2. The highest BCUT2D eigenvalue weighted by Crippen LogP contribution is 2.16. The van der Waals surface area contributed by atoms with Gasteiger partial charge in [-0.2, -0.15) is 5.26 Å². The maximum Gasteiger partial charge on any atom is 0.119 e. The van der Waals surface area contributed by atoms with E-state index in [1.54, 1.807) is 12.1 Å². The van der Waals surface area contributed by atoms with Gasteiger partial charge >= 0.3 is 0 Å². The third kappa shape index (κ3) is 3.63. The van der Waals surface area contributed by atoms with E-state index >= 15 is 0 Å². The molecule has 0 saturated carbocycles. The molecule has 2 rings (SSSR count). The summed E-state index contributed by atoms with van der Waals surface area (Å²) in [6.07, 6.45) is 1.72. The van der Waals surface area contributed by atoms with E-state index in [1.165, 1.54) is 0 Å². The van der Waals surface area contributed by atoms with Gasteiger partial charge in [-0.15, -0.1) is 0 Å². The molecule has 0 heterocycles. The predicted octanol–water partition coefficient (Wildman–Crippen LogP) is 3.74. The Kier molecular flexibility index (Phi) is 4.80. The molecule has 0 saturated heterocycles. The molecule has 0 aliphatic heterocycles. The van der Waals surface area contributed by atoms with Crippen LogP contribution < -0.4 is 10.1 Å². The summed E-state index contributed by atoms with van der Waals surface area (Å²) in [5, 5.41) is 12.3. The first kappa shape index (κ1) is 13.7. The van der Waals surface area contributed by atoms with Crippen molar-refractivity contribution in [2.24, 2.45) is 0 Å². The topological polar surface area (TPSA) is 45.0 Å². The number of hydrogen-bond acceptors (Lipinski definition) is 3. The highest BCUT2D eigenvalue weighted by atomic mass is 16.5. The maximum atomic E-state index is 9.02. The van der Waals surface area contributed by atoms with Crippen molar-refractivity contribution in [3.8, 4) is 11.8 Å². The second-order valence-corrected chi connectivity index (χ2v) is 4.25. The van der Waals surface area contributed by atoms with Gasteiger partial charge in [0.05, 0.1) is 11.3 Å². The first-order valence-electron chi connectivity index (χ1n) is 6.39. The molecular formula is C17H16N2O. The lowest BCUT2D eigenvalue weighted by Gasteiger charge is -2.09. The SMILES string of the molecule is C=CCOc1ccc(CNc2ccccc2C#N)cc1. The van der Waals surface area contributed by atoms with Gasteiger partial charge in [0.15, 0.2) is 0 Å². The van der Waals surface area contributed by atoms with E-state index in [0.29, 0.717) is 18.7 Å². The number of nitrogens with one attached hydrogen (secondary N) is 1. The molecular weight excluding hydrogens is 248 g/mol. The highest BCUT2D eigenvalue weighted by Gasteiger charge is 2.00. The molecule has 1 N–H and O–H groups in total. The van der Waals surface area contributed by atoms with Crippen molar-refractivity contribution in [2.75, 3.05) is 11.9 Å². The van der Waals surface area contributed by atoms with Crippen LogP contribution in [0.15, 0.2) is 61.2 Å². The Balaban J connectivity index is 1.97. The molecule has 0 amide bonds. The van der Waals surface area contributed by atoms with Crippen LogP contribution in [-0.2, 0) is 6.54 Å². The van der Waals surface area contributed by atoms with Crippen LogP contribution in [0.1, 0.15) is 11.1 Å². The first-order chi connectivity index (χ1) is 9.83. The number of ether oxygens (including phenoxy) is 1. The average molecular weight is 264 g/mol. The minimum atomic E-state index is 0.507. The minimum absolute atomic E-state index is 0.507. The summed E-state index contributed by atoms with van der Waals surface area (Å²) in [7, 11) is 0. The third-order valence-corrected chi connectivity index (χ3v) is 2.82. The van der Waals surface area contributed by atoms with Gasteiger partial charge in [0.2, 0.25) is 0 Å². The van der Waals surface area contributed by atoms with Crippen LogP contribution >= 0.6 is 0 Å². The molecule has 0 unspecified atom stereocenters. The van der Waals surface area contributed by atoms with Crippen LogP contribution in [0.3, 0.4) is 0 Å². The Labute approximate surface area is 119 Å². The molecule has 20 heavy (non-hydrogen) atoms. The quantitative estimate of drug-likeness (QED) is 0.808. The number of benzene rings is 2. The molecule has 0 fully saturated rings. The summed E-state index contributed by atoms with van der Waals surface area (Å²) >= 11 is 0. The van der Waals surface area contributed by atoms with Crippen molar-refractivity contribution >= 4 is 5.69 Å². The standard InChI is InChI=1S/C17H16N2O/c1-2-11-20-16-9-7-14(8-10-16)13-19-17-6-4-3-5-15(17)12-18/h2-10,19H,1,11,13H2. The maximum absolute atomic E-state index is 9.02. The number of rotatable bonds is 6. The summed E-state index contributed by atoms with van der Waals surface area (Å²) in [4.78, 5) is 0. The third-order valence-electron chi connectivity index (χ3n) is 2.82. The van der Waals surface area contributed by atoms with Crippen molar-refractivity contribution in [1.29, 1.82) is 5.26 Å². The molecule has 0 aliphatic carbocycles. The second-order valence-electron chi connectivity index (χ2n) is 4.25. The fourth-order valence-corrected chi connectivity index (χ4v) is 1.79. The number of para-hydroxylation sites is 1. The normalized spacial score (nSPS) is 9.55. The Morgan fingerprint density at radius 1 is 1.15 bits per heavy atom. The smallest absolute Gasteiger partial charge is 0.119 e. The van der Waals surface area contributed by atoms with Crippen molar-refractivity contribution < 1.29 is 4.74 Å². The van der Waals surface area contributed by atoms with Crippen LogP contribution in [0, 0.1) is 11.3 Å². The highest BCUT2D eigenvalue weighted by molar-refractivity contribution is 5.57. The lowest BCUT2D eigenvalue weighted by atomic mass is 10.1. The van der Waals surface area contributed by atoms with Crippen LogP contribution in [0.4, 0.5) is 5.69 Å². The molecule has 0 aliphatic rings. The largest absolute Gasteiger partial charge is 0.490 e. The molecule has 100 valence electrons. The van der Waals surface area contributed by atoms with E-state index in [4.69, 9.17) is 10.00 Å². The second kappa shape index (κ2) is 7.01. The summed E-state index contributed by atoms with van der Waals surface area (Å²) < 4.78 is 5.43. The number of nitriles is 1. The summed E-state index contributed by atoms with van der Waals surface area (Å²) in [5.74, 6) is 0.825. The van der Waals surface area contributed by atoms with E-state index in [9.17, 15) is 0 Å². The fourth-order valence-electron chi connectivity index (χ4n) is 1.79.